The first-order chi connectivity index (χ1) is 12.0. The van der Waals surface area contributed by atoms with Gasteiger partial charge < -0.3 is 19.8 Å². The summed E-state index contributed by atoms with van der Waals surface area (Å²) in [5.41, 5.74) is 2.67. The molecule has 5 nitrogen and oxygen atoms in total. The molecule has 3 N–H and O–H groups in total. The zero-order valence-electron chi connectivity index (χ0n) is 14.1. The van der Waals surface area contributed by atoms with Crippen LogP contribution in [0.5, 0.6) is 5.75 Å². The molecule has 0 spiro atoms. The van der Waals surface area contributed by atoms with Crippen LogP contribution in [-0.4, -0.2) is 32.8 Å². The van der Waals surface area contributed by atoms with Crippen LogP contribution >= 0.6 is 0 Å². The molecule has 3 saturated carbocycles. The number of pyridine rings is 1. The number of fused-ring (bicyclic) bond motifs is 3. The van der Waals surface area contributed by atoms with Crippen molar-refractivity contribution in [3.05, 3.63) is 30.0 Å². The van der Waals surface area contributed by atoms with E-state index in [1.54, 1.807) is 6.20 Å². The molecular formula is C19H21BN2O3. The number of rotatable bonds is 1. The maximum absolute atomic E-state index is 10.9. The first kappa shape index (κ1) is 14.4. The summed E-state index contributed by atoms with van der Waals surface area (Å²) < 4.78 is 5.65. The zero-order valence-corrected chi connectivity index (χ0v) is 14.1. The molecule has 0 saturated heterocycles. The first-order valence-electron chi connectivity index (χ1n) is 9.30. The Hall–Kier alpha value is -1.79. The highest BCUT2D eigenvalue weighted by Crippen LogP contribution is 2.70. The third-order valence-corrected chi connectivity index (χ3v) is 7.30. The topological polar surface area (TPSA) is 78.4 Å². The van der Waals surface area contributed by atoms with Gasteiger partial charge in [0.25, 0.3) is 0 Å². The lowest BCUT2D eigenvalue weighted by Gasteiger charge is -2.70. The van der Waals surface area contributed by atoms with Gasteiger partial charge in [0.15, 0.2) is 0 Å². The molecular weight excluding hydrogens is 315 g/mol. The van der Waals surface area contributed by atoms with E-state index in [4.69, 9.17) is 4.65 Å². The molecule has 6 heteroatoms. The molecule has 3 heterocycles. The summed E-state index contributed by atoms with van der Waals surface area (Å²) in [6.45, 7) is 2.25. The van der Waals surface area contributed by atoms with Crippen molar-refractivity contribution >= 4 is 23.7 Å². The van der Waals surface area contributed by atoms with Gasteiger partial charge in [-0.1, -0.05) is 6.92 Å². The van der Waals surface area contributed by atoms with Crippen LogP contribution in [0.3, 0.4) is 0 Å². The monoisotopic (exact) mass is 336 g/mol. The van der Waals surface area contributed by atoms with E-state index in [1.807, 2.05) is 18.2 Å². The van der Waals surface area contributed by atoms with E-state index >= 15 is 0 Å². The number of H-pyrrole nitrogens is 1. The Labute approximate surface area is 146 Å². The molecule has 0 bridgehead atoms. The molecule has 2 unspecified atom stereocenters. The highest BCUT2D eigenvalue weighted by Gasteiger charge is 2.68. The summed E-state index contributed by atoms with van der Waals surface area (Å²) in [5, 5.41) is 22.2. The van der Waals surface area contributed by atoms with Crippen LogP contribution in [0.2, 0.25) is 0 Å². The van der Waals surface area contributed by atoms with Gasteiger partial charge in [-0.25, -0.2) is 4.98 Å². The lowest BCUT2D eigenvalue weighted by atomic mass is 9.37. The predicted molar refractivity (Wildman–Crippen MR) is 94.6 cm³/mol. The van der Waals surface area contributed by atoms with Crippen molar-refractivity contribution in [1.29, 1.82) is 0 Å². The SMILES string of the molecule is C[C@H]1CC2(O)CC3C[C@H]([C@H]1C1=CB(O)Oc4cnc5[nH]ccc5c41)[C@@H]32. The van der Waals surface area contributed by atoms with Crippen molar-refractivity contribution < 1.29 is 14.8 Å². The summed E-state index contributed by atoms with van der Waals surface area (Å²) >= 11 is 0. The number of nitrogens with zero attached hydrogens (tertiary/aromatic N) is 1. The Bertz CT molecular complexity index is 925. The summed E-state index contributed by atoms with van der Waals surface area (Å²) in [6.07, 6.45) is 6.65. The van der Waals surface area contributed by atoms with Crippen LogP contribution in [0.4, 0.5) is 0 Å². The van der Waals surface area contributed by atoms with Crippen LogP contribution in [0.1, 0.15) is 31.7 Å². The molecule has 2 aromatic heterocycles. The Balaban J connectivity index is 1.51. The van der Waals surface area contributed by atoms with Gasteiger partial charge in [-0.05, 0) is 66.5 Å². The van der Waals surface area contributed by atoms with Gasteiger partial charge in [0.1, 0.15) is 11.4 Å². The lowest BCUT2D eigenvalue weighted by molar-refractivity contribution is -0.264. The average Bonchev–Trinajstić information content (AvgIpc) is 2.99. The van der Waals surface area contributed by atoms with Crippen LogP contribution in [0, 0.1) is 29.6 Å². The summed E-state index contributed by atoms with van der Waals surface area (Å²) in [6, 6.07) is 2.03. The van der Waals surface area contributed by atoms with Crippen LogP contribution < -0.4 is 4.65 Å². The van der Waals surface area contributed by atoms with Gasteiger partial charge >= 0.3 is 7.12 Å². The fourth-order valence-electron chi connectivity index (χ4n) is 6.56. The fourth-order valence-corrected chi connectivity index (χ4v) is 6.56. The largest absolute Gasteiger partial charge is 0.552 e. The van der Waals surface area contributed by atoms with Gasteiger partial charge in [0.2, 0.25) is 0 Å². The average molecular weight is 336 g/mol. The van der Waals surface area contributed by atoms with E-state index in [2.05, 4.69) is 16.9 Å². The zero-order chi connectivity index (χ0) is 16.9. The first-order valence-corrected chi connectivity index (χ1v) is 9.30. The van der Waals surface area contributed by atoms with E-state index in [0.717, 1.165) is 29.4 Å². The minimum atomic E-state index is -0.925. The van der Waals surface area contributed by atoms with E-state index in [-0.39, 0.29) is 0 Å². The van der Waals surface area contributed by atoms with E-state index in [1.165, 1.54) is 12.0 Å². The molecule has 3 aliphatic carbocycles. The third-order valence-electron chi connectivity index (χ3n) is 7.30. The second-order valence-corrected chi connectivity index (χ2v) is 8.57. The Morgan fingerprint density at radius 1 is 1.40 bits per heavy atom. The second-order valence-electron chi connectivity index (χ2n) is 8.57. The summed E-state index contributed by atoms with van der Waals surface area (Å²) in [5.74, 6) is 4.96. The highest BCUT2D eigenvalue weighted by molar-refractivity contribution is 6.52. The quantitative estimate of drug-likeness (QED) is 0.699. The molecule has 2 aromatic rings. The van der Waals surface area contributed by atoms with Crippen molar-refractivity contribution in [2.75, 3.05) is 0 Å². The van der Waals surface area contributed by atoms with Crippen molar-refractivity contribution in [3.63, 3.8) is 0 Å². The molecule has 6 atom stereocenters. The molecule has 1 aliphatic heterocycles. The number of aliphatic hydroxyl groups is 1. The number of hydrogen-bond acceptors (Lipinski definition) is 4. The van der Waals surface area contributed by atoms with Gasteiger partial charge in [-0.2, -0.15) is 0 Å². The van der Waals surface area contributed by atoms with E-state index in [9.17, 15) is 10.1 Å². The Kier molecular flexibility index (Phi) is 2.58. The number of aromatic nitrogens is 2. The Morgan fingerprint density at radius 2 is 2.28 bits per heavy atom. The molecule has 4 aliphatic rings. The van der Waals surface area contributed by atoms with Crippen molar-refractivity contribution in [3.8, 4) is 5.75 Å². The van der Waals surface area contributed by atoms with Gasteiger partial charge in [0, 0.05) is 17.1 Å². The lowest BCUT2D eigenvalue weighted by Crippen LogP contribution is -2.69. The number of nitrogens with one attached hydrogen (secondary N) is 1. The van der Waals surface area contributed by atoms with Crippen molar-refractivity contribution in [1.82, 2.24) is 9.97 Å². The molecule has 25 heavy (non-hydrogen) atoms. The smallest absolute Gasteiger partial charge is 0.531 e. The summed E-state index contributed by atoms with van der Waals surface area (Å²) in [4.78, 5) is 7.58. The van der Waals surface area contributed by atoms with Gasteiger partial charge in [0.05, 0.1) is 11.8 Å². The normalized spacial score (nSPS) is 41.2. The van der Waals surface area contributed by atoms with Crippen LogP contribution in [0.25, 0.3) is 16.6 Å². The summed E-state index contributed by atoms with van der Waals surface area (Å²) in [7, 11) is -0.925. The third kappa shape index (κ3) is 1.69. The Morgan fingerprint density at radius 3 is 3.12 bits per heavy atom. The fraction of sp³-hybridized carbons (Fsp3) is 0.526. The number of hydrogen-bond donors (Lipinski definition) is 3. The molecule has 0 radical (unpaired) electrons. The minimum absolute atomic E-state index is 0.361. The van der Waals surface area contributed by atoms with Crippen LogP contribution in [0.15, 0.2) is 24.4 Å². The highest BCUT2D eigenvalue weighted by atomic mass is 16.5. The predicted octanol–water partition coefficient (Wildman–Crippen LogP) is 2.40. The van der Waals surface area contributed by atoms with E-state index in [0.29, 0.717) is 35.3 Å². The van der Waals surface area contributed by atoms with Gasteiger partial charge in [-0.3, -0.25) is 0 Å². The molecule has 3 fully saturated rings. The standard InChI is InChI=1S/C19H21BN2O3/c1-9-5-19(23)6-10-4-12(17(10)19)15(9)13-7-20(24)25-14-8-22-18-11(16(13)14)2-3-21-18/h2-3,7-10,12,15,17,23-24H,4-6H2,1H3,(H,21,22)/t9-,10?,12+,15-,17+,19?/m0/s1. The van der Waals surface area contributed by atoms with Crippen molar-refractivity contribution in [2.24, 2.45) is 29.6 Å². The molecule has 0 amide bonds. The minimum Gasteiger partial charge on any atom is -0.531 e. The second kappa shape index (κ2) is 4.49. The number of aromatic amines is 1. The molecule has 128 valence electrons. The maximum atomic E-state index is 10.9. The maximum Gasteiger partial charge on any atom is 0.552 e. The van der Waals surface area contributed by atoms with Crippen LogP contribution in [-0.2, 0) is 0 Å². The molecule has 0 aromatic carbocycles. The van der Waals surface area contributed by atoms with E-state index < -0.39 is 12.7 Å². The van der Waals surface area contributed by atoms with Gasteiger partial charge in [-0.15, -0.1) is 0 Å². The van der Waals surface area contributed by atoms with Crippen molar-refractivity contribution in [2.45, 2.75) is 31.8 Å². The number of allylic oxidation sites excluding steroid dienone is 1. The molecule has 6 rings (SSSR count).